The molecule has 0 aliphatic carbocycles. The van der Waals surface area contributed by atoms with Crippen molar-refractivity contribution < 1.29 is 9.47 Å². The zero-order valence-electron chi connectivity index (χ0n) is 7.02. The summed E-state index contributed by atoms with van der Waals surface area (Å²) in [5.74, 6) is 0. The molecule has 0 spiro atoms. The number of hydrogen-bond acceptors (Lipinski definition) is 2. The Morgan fingerprint density at radius 2 is 1.90 bits per heavy atom. The number of rotatable bonds is 0. The van der Waals surface area contributed by atoms with Gasteiger partial charge in [0.05, 0.1) is 25.9 Å². The van der Waals surface area contributed by atoms with Gasteiger partial charge in [-0.25, -0.2) is 0 Å². The van der Waals surface area contributed by atoms with Crippen molar-refractivity contribution in [3.63, 3.8) is 0 Å². The third kappa shape index (κ3) is 1.96. The van der Waals surface area contributed by atoms with Crippen molar-refractivity contribution in [2.75, 3.05) is 19.8 Å². The topological polar surface area (TPSA) is 18.5 Å². The van der Waals surface area contributed by atoms with Gasteiger partial charge in [0, 0.05) is 0 Å². The molecule has 0 aromatic carbocycles. The van der Waals surface area contributed by atoms with Crippen LogP contribution >= 0.6 is 0 Å². The summed E-state index contributed by atoms with van der Waals surface area (Å²) in [7, 11) is 0. The lowest BCUT2D eigenvalue weighted by Crippen LogP contribution is -2.38. The van der Waals surface area contributed by atoms with Gasteiger partial charge in [0.2, 0.25) is 0 Å². The summed E-state index contributed by atoms with van der Waals surface area (Å²) in [6, 6.07) is 0. The van der Waals surface area contributed by atoms with Crippen LogP contribution in [0.1, 0.15) is 20.8 Å². The highest BCUT2D eigenvalue weighted by Gasteiger charge is 2.27. The van der Waals surface area contributed by atoms with E-state index in [0.29, 0.717) is 0 Å². The molecule has 0 aromatic rings. The van der Waals surface area contributed by atoms with Crippen LogP contribution in [0.4, 0.5) is 0 Å². The molecule has 2 nitrogen and oxygen atoms in total. The van der Waals surface area contributed by atoms with Crippen LogP contribution in [0.3, 0.4) is 0 Å². The van der Waals surface area contributed by atoms with Crippen LogP contribution < -0.4 is 0 Å². The van der Waals surface area contributed by atoms with Crippen LogP contribution in [0.25, 0.3) is 0 Å². The Labute approximate surface area is 62.5 Å². The van der Waals surface area contributed by atoms with Gasteiger partial charge < -0.3 is 9.47 Å². The highest BCUT2D eigenvalue weighted by atomic mass is 16.6. The molecule has 1 atom stereocenters. The molecule has 0 unspecified atom stereocenters. The summed E-state index contributed by atoms with van der Waals surface area (Å²) in [6.07, 6.45) is 0.279. The Bertz CT molecular complexity index is 98.3. The molecule has 0 N–H and O–H groups in total. The molecule has 1 heterocycles. The van der Waals surface area contributed by atoms with Crippen molar-refractivity contribution in [1.82, 2.24) is 0 Å². The highest BCUT2D eigenvalue weighted by Crippen LogP contribution is 2.23. The summed E-state index contributed by atoms with van der Waals surface area (Å²) in [5.41, 5.74) is 0.223. The first-order chi connectivity index (χ1) is 4.61. The van der Waals surface area contributed by atoms with E-state index in [-0.39, 0.29) is 11.5 Å². The van der Waals surface area contributed by atoms with Crippen LogP contribution in [0.15, 0.2) is 0 Å². The first-order valence-electron chi connectivity index (χ1n) is 3.80. The summed E-state index contributed by atoms with van der Waals surface area (Å²) in [4.78, 5) is 0. The minimum Gasteiger partial charge on any atom is -0.376 e. The molecule has 1 aliphatic heterocycles. The van der Waals surface area contributed by atoms with Gasteiger partial charge in [-0.3, -0.25) is 0 Å². The van der Waals surface area contributed by atoms with Gasteiger partial charge in [-0.05, 0) is 5.41 Å². The molecule has 1 fully saturated rings. The van der Waals surface area contributed by atoms with Gasteiger partial charge in [-0.2, -0.15) is 0 Å². The van der Waals surface area contributed by atoms with Gasteiger partial charge in [-0.15, -0.1) is 0 Å². The zero-order chi connectivity index (χ0) is 7.61. The predicted octanol–water partition coefficient (Wildman–Crippen LogP) is 1.45. The van der Waals surface area contributed by atoms with Gasteiger partial charge >= 0.3 is 0 Å². The molecule has 60 valence electrons. The summed E-state index contributed by atoms with van der Waals surface area (Å²) >= 11 is 0. The third-order valence-corrected chi connectivity index (χ3v) is 1.78. The average molecular weight is 144 g/mol. The molecule has 0 aromatic heterocycles. The fourth-order valence-corrected chi connectivity index (χ4v) is 0.988. The van der Waals surface area contributed by atoms with Gasteiger partial charge in [0.1, 0.15) is 0 Å². The van der Waals surface area contributed by atoms with E-state index in [2.05, 4.69) is 20.8 Å². The van der Waals surface area contributed by atoms with Crippen LogP contribution in [-0.2, 0) is 9.47 Å². The lowest BCUT2D eigenvalue weighted by atomic mass is 9.89. The highest BCUT2D eigenvalue weighted by molar-refractivity contribution is 4.75. The fraction of sp³-hybridized carbons (Fsp3) is 1.00. The molecule has 0 amide bonds. The molecule has 0 radical (unpaired) electrons. The van der Waals surface area contributed by atoms with E-state index in [1.807, 2.05) is 0 Å². The van der Waals surface area contributed by atoms with E-state index in [4.69, 9.17) is 9.47 Å². The van der Waals surface area contributed by atoms with E-state index in [1.54, 1.807) is 0 Å². The molecule has 2 heteroatoms. The Hall–Kier alpha value is -0.0800. The third-order valence-electron chi connectivity index (χ3n) is 1.78. The van der Waals surface area contributed by atoms with Crippen molar-refractivity contribution >= 4 is 0 Å². The van der Waals surface area contributed by atoms with Crippen molar-refractivity contribution in [2.45, 2.75) is 26.9 Å². The molecular formula is C8H16O2. The number of hydrogen-bond donors (Lipinski definition) is 0. The molecule has 0 saturated carbocycles. The predicted molar refractivity (Wildman–Crippen MR) is 40.0 cm³/mol. The van der Waals surface area contributed by atoms with E-state index >= 15 is 0 Å². The second kappa shape index (κ2) is 2.89. The van der Waals surface area contributed by atoms with Crippen LogP contribution in [0.2, 0.25) is 0 Å². The normalized spacial score (nSPS) is 28.5. The lowest BCUT2D eigenvalue weighted by Gasteiger charge is -2.33. The Morgan fingerprint density at radius 3 is 2.20 bits per heavy atom. The van der Waals surface area contributed by atoms with Crippen LogP contribution in [0, 0.1) is 5.41 Å². The zero-order valence-corrected chi connectivity index (χ0v) is 7.02. The quantitative estimate of drug-likeness (QED) is 0.512. The Kier molecular flexibility index (Phi) is 2.32. The van der Waals surface area contributed by atoms with E-state index in [1.165, 1.54) is 0 Å². The maximum atomic E-state index is 5.52. The molecule has 1 saturated heterocycles. The maximum absolute atomic E-state index is 5.52. The van der Waals surface area contributed by atoms with Gasteiger partial charge in [-0.1, -0.05) is 20.8 Å². The Balaban J connectivity index is 2.39. The summed E-state index contributed by atoms with van der Waals surface area (Å²) in [6.45, 7) is 8.78. The summed E-state index contributed by atoms with van der Waals surface area (Å²) in [5, 5.41) is 0. The van der Waals surface area contributed by atoms with E-state index in [9.17, 15) is 0 Å². The SMILES string of the molecule is CC(C)(C)[C@@H]1COCCO1. The minimum absolute atomic E-state index is 0.223. The summed E-state index contributed by atoms with van der Waals surface area (Å²) < 4.78 is 10.8. The molecule has 1 rings (SSSR count). The molecule has 0 bridgehead atoms. The van der Waals surface area contributed by atoms with Crippen LogP contribution in [0.5, 0.6) is 0 Å². The smallest absolute Gasteiger partial charge is 0.0857 e. The van der Waals surface area contributed by atoms with Gasteiger partial charge in [0.25, 0.3) is 0 Å². The first-order valence-corrected chi connectivity index (χ1v) is 3.80. The standard InChI is InChI=1S/C8H16O2/c1-8(2,3)7-6-9-4-5-10-7/h7H,4-6H2,1-3H3/t7-/m0/s1. The monoisotopic (exact) mass is 144 g/mol. The second-order valence-corrected chi connectivity index (χ2v) is 3.80. The average Bonchev–Trinajstić information content (AvgIpc) is 1.88. The van der Waals surface area contributed by atoms with E-state index < -0.39 is 0 Å². The number of ether oxygens (including phenoxy) is 2. The molecule has 10 heavy (non-hydrogen) atoms. The van der Waals surface area contributed by atoms with Crippen molar-refractivity contribution in [1.29, 1.82) is 0 Å². The largest absolute Gasteiger partial charge is 0.376 e. The first kappa shape index (κ1) is 8.02. The van der Waals surface area contributed by atoms with Crippen molar-refractivity contribution in [3.05, 3.63) is 0 Å². The van der Waals surface area contributed by atoms with E-state index in [0.717, 1.165) is 19.8 Å². The molecule has 1 aliphatic rings. The van der Waals surface area contributed by atoms with Crippen molar-refractivity contribution in [3.8, 4) is 0 Å². The maximum Gasteiger partial charge on any atom is 0.0857 e. The van der Waals surface area contributed by atoms with Crippen LogP contribution in [-0.4, -0.2) is 25.9 Å². The lowest BCUT2D eigenvalue weighted by molar-refractivity contribution is -0.128. The fourth-order valence-electron chi connectivity index (χ4n) is 0.988. The minimum atomic E-state index is 0.223. The van der Waals surface area contributed by atoms with Crippen molar-refractivity contribution in [2.24, 2.45) is 5.41 Å². The van der Waals surface area contributed by atoms with Gasteiger partial charge in [0.15, 0.2) is 0 Å². The second-order valence-electron chi connectivity index (χ2n) is 3.80. The molecular weight excluding hydrogens is 128 g/mol. The Morgan fingerprint density at radius 1 is 1.20 bits per heavy atom.